The Balaban J connectivity index is 0.000000132. The van der Waals surface area contributed by atoms with Gasteiger partial charge in [0.15, 0.2) is 0 Å². The molecule has 2 heteroatoms. The number of hydrogen-bond acceptors (Lipinski definition) is 2. The molecule has 0 aliphatic carbocycles. The van der Waals surface area contributed by atoms with Crippen LogP contribution in [0.3, 0.4) is 0 Å². The van der Waals surface area contributed by atoms with Crippen molar-refractivity contribution in [3.05, 3.63) is 54.8 Å². The average molecular weight is 174 g/mol. The van der Waals surface area contributed by atoms with Crippen LogP contribution in [-0.2, 0) is 0 Å². The summed E-state index contributed by atoms with van der Waals surface area (Å²) in [7, 11) is 0. The van der Waals surface area contributed by atoms with Crippen LogP contribution in [0.4, 0.5) is 5.69 Å². The fourth-order valence-corrected chi connectivity index (χ4v) is 0.859. The number of para-hydroxylation sites is 1. The third-order valence-electron chi connectivity index (χ3n) is 1.50. The Hall–Kier alpha value is -1.70. The van der Waals surface area contributed by atoms with Crippen molar-refractivity contribution in [3.63, 3.8) is 0 Å². The largest absolute Gasteiger partial charge is 0.399 e. The number of nitrogen functional groups attached to an aromatic ring is 1. The van der Waals surface area contributed by atoms with Crippen LogP contribution < -0.4 is 11.1 Å². The van der Waals surface area contributed by atoms with E-state index in [2.05, 4.69) is 11.4 Å². The standard InChI is InChI=1S/C6H7N.C5H7N/c7-6-4-2-1-3-5-6;1-2-4-6-5-3-1/h1-5H,7H2;1-4,6H,5H2. The smallest absolute Gasteiger partial charge is 0.0328 e. The molecule has 0 saturated carbocycles. The van der Waals surface area contributed by atoms with E-state index in [1.54, 1.807) is 0 Å². The molecule has 0 saturated heterocycles. The highest BCUT2D eigenvalue weighted by Gasteiger charge is 1.73. The zero-order valence-corrected chi connectivity index (χ0v) is 7.48. The first-order valence-corrected chi connectivity index (χ1v) is 4.25. The summed E-state index contributed by atoms with van der Waals surface area (Å²) >= 11 is 0. The molecule has 3 N–H and O–H groups in total. The lowest BCUT2D eigenvalue weighted by Gasteiger charge is -1.94. The molecule has 0 unspecified atom stereocenters. The summed E-state index contributed by atoms with van der Waals surface area (Å²) in [4.78, 5) is 0. The first-order chi connectivity index (χ1) is 6.39. The van der Waals surface area contributed by atoms with Crippen LogP contribution in [0.2, 0.25) is 0 Å². The number of nitrogens with two attached hydrogens (primary N) is 1. The highest BCUT2D eigenvalue weighted by molar-refractivity contribution is 5.35. The fourth-order valence-electron chi connectivity index (χ4n) is 0.859. The average Bonchev–Trinajstić information content (AvgIpc) is 2.22. The minimum Gasteiger partial charge on any atom is -0.399 e. The number of hydrogen-bond donors (Lipinski definition) is 2. The van der Waals surface area contributed by atoms with Crippen LogP contribution in [0.25, 0.3) is 0 Å². The number of dihydropyridines is 1. The van der Waals surface area contributed by atoms with Crippen molar-refractivity contribution in [2.24, 2.45) is 0 Å². The molecule has 13 heavy (non-hydrogen) atoms. The van der Waals surface area contributed by atoms with Gasteiger partial charge in [-0.05, 0) is 24.4 Å². The summed E-state index contributed by atoms with van der Waals surface area (Å²) in [6.07, 6.45) is 8.00. The molecule has 1 aliphatic heterocycles. The molecule has 1 heterocycles. The van der Waals surface area contributed by atoms with E-state index in [-0.39, 0.29) is 0 Å². The summed E-state index contributed by atoms with van der Waals surface area (Å²) in [6, 6.07) is 9.49. The van der Waals surface area contributed by atoms with Gasteiger partial charge in [0.05, 0.1) is 0 Å². The number of anilines is 1. The summed E-state index contributed by atoms with van der Waals surface area (Å²) in [5, 5.41) is 3.02. The molecule has 0 fully saturated rings. The minimum atomic E-state index is 0.822. The van der Waals surface area contributed by atoms with Crippen LogP contribution in [0.15, 0.2) is 54.8 Å². The van der Waals surface area contributed by atoms with Crippen LogP contribution in [0, 0.1) is 0 Å². The maximum atomic E-state index is 5.36. The summed E-state index contributed by atoms with van der Waals surface area (Å²) in [6.45, 7) is 0.983. The van der Waals surface area contributed by atoms with Crippen molar-refractivity contribution >= 4 is 5.69 Å². The van der Waals surface area contributed by atoms with E-state index in [1.807, 2.05) is 48.7 Å². The van der Waals surface area contributed by atoms with Crippen molar-refractivity contribution in [2.45, 2.75) is 0 Å². The second-order valence-corrected chi connectivity index (χ2v) is 2.61. The van der Waals surface area contributed by atoms with Crippen molar-refractivity contribution < 1.29 is 0 Å². The van der Waals surface area contributed by atoms with Gasteiger partial charge in [-0.25, -0.2) is 0 Å². The van der Waals surface area contributed by atoms with E-state index in [9.17, 15) is 0 Å². The predicted octanol–water partition coefficient (Wildman–Crippen LogP) is 1.93. The van der Waals surface area contributed by atoms with Crippen molar-refractivity contribution in [1.82, 2.24) is 5.32 Å². The molecule has 68 valence electrons. The van der Waals surface area contributed by atoms with Crippen LogP contribution in [0.5, 0.6) is 0 Å². The van der Waals surface area contributed by atoms with Gasteiger partial charge in [-0.3, -0.25) is 0 Å². The number of benzene rings is 1. The van der Waals surface area contributed by atoms with Gasteiger partial charge in [0, 0.05) is 12.2 Å². The topological polar surface area (TPSA) is 38.0 Å². The lowest BCUT2D eigenvalue weighted by molar-refractivity contribution is 0.972. The first kappa shape index (κ1) is 9.39. The molecule has 2 rings (SSSR count). The highest BCUT2D eigenvalue weighted by atomic mass is 14.8. The van der Waals surface area contributed by atoms with Crippen LogP contribution >= 0.6 is 0 Å². The van der Waals surface area contributed by atoms with E-state index < -0.39 is 0 Å². The Bertz CT molecular complexity index is 263. The SMILES string of the molecule is C1=CCNC=C1.Nc1ccccc1. The van der Waals surface area contributed by atoms with Gasteiger partial charge >= 0.3 is 0 Å². The Morgan fingerprint density at radius 3 is 2.08 bits per heavy atom. The zero-order chi connectivity index (χ0) is 9.36. The molecule has 0 amide bonds. The maximum absolute atomic E-state index is 5.36. The quantitative estimate of drug-likeness (QED) is 0.590. The van der Waals surface area contributed by atoms with Gasteiger partial charge in [-0.15, -0.1) is 0 Å². The van der Waals surface area contributed by atoms with Crippen molar-refractivity contribution in [2.75, 3.05) is 12.3 Å². The molecule has 0 bridgehead atoms. The van der Waals surface area contributed by atoms with Crippen LogP contribution in [-0.4, -0.2) is 6.54 Å². The van der Waals surface area contributed by atoms with E-state index in [4.69, 9.17) is 5.73 Å². The number of rotatable bonds is 0. The Morgan fingerprint density at radius 1 is 1.08 bits per heavy atom. The third-order valence-corrected chi connectivity index (χ3v) is 1.50. The molecular weight excluding hydrogens is 160 g/mol. The molecule has 0 aromatic heterocycles. The number of allylic oxidation sites excluding steroid dienone is 2. The van der Waals surface area contributed by atoms with Crippen LogP contribution in [0.1, 0.15) is 0 Å². The molecule has 2 nitrogen and oxygen atoms in total. The van der Waals surface area contributed by atoms with Crippen molar-refractivity contribution in [3.8, 4) is 0 Å². The Morgan fingerprint density at radius 2 is 1.85 bits per heavy atom. The molecule has 0 spiro atoms. The first-order valence-electron chi connectivity index (χ1n) is 4.25. The molecule has 0 atom stereocenters. The lowest BCUT2D eigenvalue weighted by atomic mass is 10.3. The Labute approximate surface area is 78.8 Å². The summed E-state index contributed by atoms with van der Waals surface area (Å²) in [5.41, 5.74) is 6.18. The monoisotopic (exact) mass is 174 g/mol. The van der Waals surface area contributed by atoms with Gasteiger partial charge in [0.25, 0.3) is 0 Å². The minimum absolute atomic E-state index is 0.822. The fraction of sp³-hybridized carbons (Fsp3) is 0.0909. The number of nitrogens with one attached hydrogen (secondary N) is 1. The van der Waals surface area contributed by atoms with E-state index in [0.717, 1.165) is 12.2 Å². The van der Waals surface area contributed by atoms with Gasteiger partial charge in [-0.2, -0.15) is 0 Å². The van der Waals surface area contributed by atoms with Gasteiger partial charge < -0.3 is 11.1 Å². The maximum Gasteiger partial charge on any atom is 0.0328 e. The van der Waals surface area contributed by atoms with E-state index in [0.29, 0.717) is 0 Å². The molecule has 0 radical (unpaired) electrons. The van der Waals surface area contributed by atoms with Gasteiger partial charge in [0.1, 0.15) is 0 Å². The predicted molar refractivity (Wildman–Crippen MR) is 57.1 cm³/mol. The normalized spacial score (nSPS) is 12.6. The molecule has 1 aromatic rings. The Kier molecular flexibility index (Phi) is 4.25. The third kappa shape index (κ3) is 4.69. The van der Waals surface area contributed by atoms with Gasteiger partial charge in [0.2, 0.25) is 0 Å². The summed E-state index contributed by atoms with van der Waals surface area (Å²) in [5.74, 6) is 0. The second-order valence-electron chi connectivity index (χ2n) is 2.61. The second kappa shape index (κ2) is 5.89. The zero-order valence-electron chi connectivity index (χ0n) is 7.48. The summed E-state index contributed by atoms with van der Waals surface area (Å²) < 4.78 is 0. The van der Waals surface area contributed by atoms with Gasteiger partial charge in [-0.1, -0.05) is 30.4 Å². The van der Waals surface area contributed by atoms with Crippen molar-refractivity contribution in [1.29, 1.82) is 0 Å². The molecular formula is C11H14N2. The molecule has 1 aliphatic rings. The molecule has 1 aromatic carbocycles. The van der Waals surface area contributed by atoms with E-state index >= 15 is 0 Å². The highest BCUT2D eigenvalue weighted by Crippen LogP contribution is 1.95. The van der Waals surface area contributed by atoms with E-state index in [1.165, 1.54) is 0 Å². The lowest BCUT2D eigenvalue weighted by Crippen LogP contribution is -2.05.